The Kier molecular flexibility index (Phi) is 5.32. The van der Waals surface area contributed by atoms with Gasteiger partial charge in [0.15, 0.2) is 0 Å². The third-order valence-electron chi connectivity index (χ3n) is 2.37. The maximum absolute atomic E-state index is 12.5. The molecule has 0 fully saturated rings. The van der Waals surface area contributed by atoms with Crippen molar-refractivity contribution in [2.75, 3.05) is 6.54 Å². The second kappa shape index (κ2) is 6.38. The van der Waals surface area contributed by atoms with Gasteiger partial charge in [0.1, 0.15) is 23.1 Å². The van der Waals surface area contributed by atoms with Gasteiger partial charge in [-0.3, -0.25) is 4.79 Å². The number of amides is 1. The molecule has 0 bridgehead atoms. The predicted octanol–water partition coefficient (Wildman–Crippen LogP) is 1.28. The van der Waals surface area contributed by atoms with E-state index in [0.717, 1.165) is 6.07 Å². The van der Waals surface area contributed by atoms with E-state index in [1.54, 1.807) is 0 Å². The van der Waals surface area contributed by atoms with Crippen molar-refractivity contribution in [1.29, 1.82) is 0 Å². The number of hydrogen-bond donors (Lipinski definition) is 3. The molecule has 0 radical (unpaired) electrons. The summed E-state index contributed by atoms with van der Waals surface area (Å²) in [5.41, 5.74) is -1.51. The molecule has 20 heavy (non-hydrogen) atoms. The van der Waals surface area contributed by atoms with E-state index in [2.05, 4.69) is 10.3 Å². The lowest BCUT2D eigenvalue weighted by atomic mass is 10.0. The molecule has 1 amide bonds. The summed E-state index contributed by atoms with van der Waals surface area (Å²) >= 11 is 5.46. The van der Waals surface area contributed by atoms with Crippen molar-refractivity contribution in [3.8, 4) is 0 Å². The number of nitrogens with zero attached hydrogens (tertiary/aromatic N) is 1. The van der Waals surface area contributed by atoms with Crippen LogP contribution in [0, 0.1) is 0 Å². The van der Waals surface area contributed by atoms with Gasteiger partial charge in [-0.1, -0.05) is 11.6 Å². The number of carbonyl (C=O) groups is 1. The highest BCUT2D eigenvalue weighted by atomic mass is 35.5. The fraction of sp³-hybridized carbons (Fsp3) is 0.455. The van der Waals surface area contributed by atoms with Gasteiger partial charge >= 0.3 is 6.18 Å². The Balaban J connectivity index is 2.95. The first-order valence-electron chi connectivity index (χ1n) is 5.46. The molecule has 0 aromatic carbocycles. The molecule has 3 N–H and O–H groups in total. The molecule has 0 spiro atoms. The molecule has 0 aliphatic heterocycles. The van der Waals surface area contributed by atoms with Crippen molar-refractivity contribution in [1.82, 2.24) is 10.3 Å². The van der Waals surface area contributed by atoms with Gasteiger partial charge in [-0.05, 0) is 17.7 Å². The Morgan fingerprint density at radius 2 is 2.05 bits per heavy atom. The van der Waals surface area contributed by atoms with Crippen LogP contribution in [0.25, 0.3) is 0 Å². The largest absolute Gasteiger partial charge is 0.433 e. The average molecular weight is 313 g/mol. The quantitative estimate of drug-likeness (QED) is 0.732. The van der Waals surface area contributed by atoms with Crippen molar-refractivity contribution < 1.29 is 28.2 Å². The Hall–Kier alpha value is -1.38. The van der Waals surface area contributed by atoms with Crippen LogP contribution >= 0.6 is 11.6 Å². The Morgan fingerprint density at radius 1 is 1.45 bits per heavy atom. The summed E-state index contributed by atoms with van der Waals surface area (Å²) in [7, 11) is 0. The van der Waals surface area contributed by atoms with Crippen LogP contribution in [0.4, 0.5) is 13.2 Å². The number of nitrogens with one attached hydrogen (secondary N) is 1. The summed E-state index contributed by atoms with van der Waals surface area (Å²) in [5, 5.41) is 21.1. The Labute approximate surface area is 117 Å². The zero-order valence-corrected chi connectivity index (χ0v) is 11.0. The lowest BCUT2D eigenvalue weighted by Gasteiger charge is -2.19. The summed E-state index contributed by atoms with van der Waals surface area (Å²) in [6, 6.07) is 1.60. The van der Waals surface area contributed by atoms with Gasteiger partial charge in [0, 0.05) is 13.5 Å². The summed E-state index contributed by atoms with van der Waals surface area (Å²) in [6.45, 7) is 0.891. The molecular formula is C11H12ClF3N2O3. The van der Waals surface area contributed by atoms with Crippen molar-refractivity contribution in [3.05, 3.63) is 28.5 Å². The number of carbonyl (C=O) groups excluding carboxylic acids is 1. The SMILES string of the molecule is CC(=O)NCC(O)C(O)c1cc(Cl)nc(C(F)(F)F)c1. The first kappa shape index (κ1) is 16.7. The smallest absolute Gasteiger partial charge is 0.388 e. The van der Waals surface area contributed by atoms with E-state index in [-0.39, 0.29) is 12.1 Å². The van der Waals surface area contributed by atoms with E-state index in [9.17, 15) is 28.2 Å². The van der Waals surface area contributed by atoms with Gasteiger partial charge in [0.25, 0.3) is 0 Å². The highest BCUT2D eigenvalue weighted by Crippen LogP contribution is 2.31. The molecule has 1 aromatic heterocycles. The van der Waals surface area contributed by atoms with Crippen molar-refractivity contribution in [2.24, 2.45) is 0 Å². The Morgan fingerprint density at radius 3 is 2.55 bits per heavy atom. The number of rotatable bonds is 4. The average Bonchev–Trinajstić information content (AvgIpc) is 2.33. The molecular weight excluding hydrogens is 301 g/mol. The fourth-order valence-electron chi connectivity index (χ4n) is 1.41. The molecule has 112 valence electrons. The molecule has 2 unspecified atom stereocenters. The van der Waals surface area contributed by atoms with Crippen LogP contribution in [0.15, 0.2) is 12.1 Å². The van der Waals surface area contributed by atoms with Crippen LogP contribution < -0.4 is 5.32 Å². The molecule has 1 heterocycles. The van der Waals surface area contributed by atoms with Crippen LogP contribution in [0.5, 0.6) is 0 Å². The van der Waals surface area contributed by atoms with Crippen LogP contribution in [0.3, 0.4) is 0 Å². The van der Waals surface area contributed by atoms with Gasteiger partial charge in [-0.25, -0.2) is 4.98 Å². The molecule has 0 saturated heterocycles. The first-order chi connectivity index (χ1) is 9.11. The van der Waals surface area contributed by atoms with Crippen molar-refractivity contribution in [3.63, 3.8) is 0 Å². The number of aliphatic hydroxyl groups is 2. The molecule has 1 rings (SSSR count). The minimum atomic E-state index is -4.72. The fourth-order valence-corrected chi connectivity index (χ4v) is 1.63. The molecule has 2 atom stereocenters. The molecule has 0 aliphatic carbocycles. The number of halogens is 4. The van der Waals surface area contributed by atoms with E-state index in [0.29, 0.717) is 6.07 Å². The summed E-state index contributed by atoms with van der Waals surface area (Å²) in [4.78, 5) is 13.8. The minimum absolute atomic E-state index is 0.241. The van der Waals surface area contributed by atoms with Gasteiger partial charge < -0.3 is 15.5 Å². The normalized spacial score (nSPS) is 14.8. The number of aliphatic hydroxyl groups excluding tert-OH is 2. The lowest BCUT2D eigenvalue weighted by Crippen LogP contribution is -2.34. The second-order valence-electron chi connectivity index (χ2n) is 4.06. The number of hydrogen-bond acceptors (Lipinski definition) is 4. The molecule has 5 nitrogen and oxygen atoms in total. The van der Waals surface area contributed by atoms with Crippen LogP contribution in [-0.2, 0) is 11.0 Å². The third kappa shape index (κ3) is 4.62. The van der Waals surface area contributed by atoms with Gasteiger partial charge in [-0.15, -0.1) is 0 Å². The van der Waals surface area contributed by atoms with Gasteiger partial charge in [0.05, 0.1) is 0 Å². The first-order valence-corrected chi connectivity index (χ1v) is 5.84. The molecule has 0 saturated carbocycles. The van der Waals surface area contributed by atoms with E-state index in [4.69, 9.17) is 11.6 Å². The zero-order valence-electron chi connectivity index (χ0n) is 10.3. The minimum Gasteiger partial charge on any atom is -0.388 e. The third-order valence-corrected chi connectivity index (χ3v) is 2.57. The van der Waals surface area contributed by atoms with E-state index in [1.807, 2.05) is 0 Å². The number of aromatic nitrogens is 1. The van der Waals surface area contributed by atoms with Crippen LogP contribution in [0.2, 0.25) is 5.15 Å². The maximum atomic E-state index is 12.5. The molecule has 9 heteroatoms. The summed E-state index contributed by atoms with van der Waals surface area (Å²) in [6.07, 6.45) is -7.83. The molecule has 0 aliphatic rings. The highest BCUT2D eigenvalue weighted by molar-refractivity contribution is 6.29. The standard InChI is InChI=1S/C11H12ClF3N2O3/c1-5(18)16-4-7(19)10(20)6-2-8(11(13,14)15)17-9(12)3-6/h2-3,7,10,19-20H,4H2,1H3,(H,16,18). The summed E-state index contributed by atoms with van der Waals surface area (Å²) in [5.74, 6) is -0.444. The Bertz CT molecular complexity index is 496. The van der Waals surface area contributed by atoms with E-state index in [1.165, 1.54) is 6.92 Å². The molecule has 1 aromatic rings. The van der Waals surface area contributed by atoms with E-state index >= 15 is 0 Å². The van der Waals surface area contributed by atoms with Crippen molar-refractivity contribution in [2.45, 2.75) is 25.3 Å². The summed E-state index contributed by atoms with van der Waals surface area (Å²) < 4.78 is 37.6. The predicted molar refractivity (Wildman–Crippen MR) is 63.9 cm³/mol. The lowest BCUT2D eigenvalue weighted by molar-refractivity contribution is -0.141. The van der Waals surface area contributed by atoms with Gasteiger partial charge in [-0.2, -0.15) is 13.2 Å². The number of pyridine rings is 1. The van der Waals surface area contributed by atoms with Crippen LogP contribution in [0.1, 0.15) is 24.3 Å². The van der Waals surface area contributed by atoms with Crippen LogP contribution in [-0.4, -0.2) is 33.8 Å². The van der Waals surface area contributed by atoms with E-state index < -0.39 is 35.1 Å². The highest BCUT2D eigenvalue weighted by Gasteiger charge is 2.34. The second-order valence-corrected chi connectivity index (χ2v) is 4.44. The zero-order chi connectivity index (χ0) is 15.5. The monoisotopic (exact) mass is 312 g/mol. The van der Waals surface area contributed by atoms with Gasteiger partial charge in [0.2, 0.25) is 5.91 Å². The van der Waals surface area contributed by atoms with Crippen molar-refractivity contribution >= 4 is 17.5 Å². The topological polar surface area (TPSA) is 82.5 Å². The maximum Gasteiger partial charge on any atom is 0.433 e. The number of alkyl halides is 3.